The SMILES string of the molecule is O=C(O)CN(Cc1cc(Br)cs1)c1cccc(Cl)c1. The van der Waals surface area contributed by atoms with E-state index in [1.807, 2.05) is 23.6 Å². The van der Waals surface area contributed by atoms with Crippen LogP contribution in [-0.4, -0.2) is 17.6 Å². The van der Waals surface area contributed by atoms with Gasteiger partial charge in [-0.25, -0.2) is 0 Å². The van der Waals surface area contributed by atoms with Gasteiger partial charge in [0.05, 0.1) is 6.54 Å². The third-order valence-electron chi connectivity index (χ3n) is 2.47. The lowest BCUT2D eigenvalue weighted by Crippen LogP contribution is -2.28. The van der Waals surface area contributed by atoms with Crippen LogP contribution in [0.3, 0.4) is 0 Å². The van der Waals surface area contributed by atoms with Crippen molar-refractivity contribution in [1.82, 2.24) is 0 Å². The first kappa shape index (κ1) is 14.4. The van der Waals surface area contributed by atoms with Crippen molar-refractivity contribution in [1.29, 1.82) is 0 Å². The van der Waals surface area contributed by atoms with Crippen molar-refractivity contribution in [2.24, 2.45) is 0 Å². The van der Waals surface area contributed by atoms with Gasteiger partial charge in [0, 0.05) is 25.4 Å². The Morgan fingerprint density at radius 3 is 2.79 bits per heavy atom. The van der Waals surface area contributed by atoms with Crippen molar-refractivity contribution in [3.05, 3.63) is 50.1 Å². The summed E-state index contributed by atoms with van der Waals surface area (Å²) in [5, 5.41) is 11.6. The van der Waals surface area contributed by atoms with Crippen molar-refractivity contribution in [2.45, 2.75) is 6.54 Å². The minimum Gasteiger partial charge on any atom is -0.480 e. The van der Waals surface area contributed by atoms with Gasteiger partial charge in [-0.05, 0) is 40.2 Å². The summed E-state index contributed by atoms with van der Waals surface area (Å²) in [4.78, 5) is 13.9. The molecule has 0 aliphatic carbocycles. The fraction of sp³-hybridized carbons (Fsp3) is 0.154. The van der Waals surface area contributed by atoms with Crippen LogP contribution in [0.2, 0.25) is 5.02 Å². The average molecular weight is 361 g/mol. The van der Waals surface area contributed by atoms with Gasteiger partial charge in [-0.1, -0.05) is 17.7 Å². The monoisotopic (exact) mass is 359 g/mol. The molecule has 1 aromatic heterocycles. The van der Waals surface area contributed by atoms with Crippen LogP contribution in [0, 0.1) is 0 Å². The molecule has 0 radical (unpaired) electrons. The van der Waals surface area contributed by atoms with Crippen LogP contribution in [0.5, 0.6) is 0 Å². The lowest BCUT2D eigenvalue weighted by molar-refractivity contribution is -0.135. The molecule has 1 aromatic carbocycles. The molecular formula is C13H11BrClNO2S. The summed E-state index contributed by atoms with van der Waals surface area (Å²) in [6, 6.07) is 9.21. The van der Waals surface area contributed by atoms with E-state index < -0.39 is 5.97 Å². The normalized spacial score (nSPS) is 10.4. The summed E-state index contributed by atoms with van der Waals surface area (Å²) in [6.45, 7) is 0.485. The minimum atomic E-state index is -0.865. The number of benzene rings is 1. The number of carboxylic acids is 1. The van der Waals surface area contributed by atoms with E-state index in [1.165, 1.54) is 0 Å². The molecule has 0 spiro atoms. The molecule has 0 saturated carbocycles. The number of thiophene rings is 1. The molecule has 100 valence electrons. The second-order valence-corrected chi connectivity index (χ2v) is 6.31. The molecule has 0 atom stereocenters. The van der Waals surface area contributed by atoms with E-state index in [0.29, 0.717) is 11.6 Å². The maximum absolute atomic E-state index is 11.0. The van der Waals surface area contributed by atoms with E-state index in [9.17, 15) is 4.79 Å². The van der Waals surface area contributed by atoms with E-state index in [2.05, 4.69) is 15.9 Å². The Hall–Kier alpha value is -1.04. The molecule has 0 aliphatic heterocycles. The van der Waals surface area contributed by atoms with Crippen molar-refractivity contribution in [2.75, 3.05) is 11.4 Å². The predicted octanol–water partition coefficient (Wildman–Crippen LogP) is 4.26. The highest BCUT2D eigenvalue weighted by Gasteiger charge is 2.12. The molecule has 2 rings (SSSR count). The number of carbonyl (C=O) groups is 1. The minimum absolute atomic E-state index is 0.0597. The highest BCUT2D eigenvalue weighted by atomic mass is 79.9. The first-order chi connectivity index (χ1) is 9.04. The average Bonchev–Trinajstić information content (AvgIpc) is 2.73. The van der Waals surface area contributed by atoms with Gasteiger partial charge in [-0.2, -0.15) is 0 Å². The highest BCUT2D eigenvalue weighted by Crippen LogP contribution is 2.25. The van der Waals surface area contributed by atoms with E-state index in [-0.39, 0.29) is 6.54 Å². The number of hydrogen-bond donors (Lipinski definition) is 1. The Morgan fingerprint density at radius 2 is 2.21 bits per heavy atom. The van der Waals surface area contributed by atoms with Gasteiger partial charge in [-0.3, -0.25) is 4.79 Å². The maximum Gasteiger partial charge on any atom is 0.323 e. The van der Waals surface area contributed by atoms with Gasteiger partial charge in [0.25, 0.3) is 0 Å². The van der Waals surface area contributed by atoms with Gasteiger partial charge in [0.2, 0.25) is 0 Å². The van der Waals surface area contributed by atoms with Crippen LogP contribution >= 0.6 is 38.9 Å². The van der Waals surface area contributed by atoms with Crippen LogP contribution < -0.4 is 4.90 Å². The molecule has 2 aromatic rings. The largest absolute Gasteiger partial charge is 0.480 e. The van der Waals surface area contributed by atoms with Crippen LogP contribution in [0.15, 0.2) is 40.2 Å². The number of aliphatic carboxylic acids is 1. The van der Waals surface area contributed by atoms with E-state index >= 15 is 0 Å². The molecule has 19 heavy (non-hydrogen) atoms. The molecule has 0 saturated heterocycles. The third kappa shape index (κ3) is 4.23. The van der Waals surface area contributed by atoms with Crippen molar-refractivity contribution >= 4 is 50.5 Å². The molecule has 1 N–H and O–H groups in total. The molecule has 0 fully saturated rings. The van der Waals surface area contributed by atoms with E-state index in [4.69, 9.17) is 16.7 Å². The number of nitrogens with zero attached hydrogens (tertiary/aromatic N) is 1. The van der Waals surface area contributed by atoms with Crippen LogP contribution in [0.25, 0.3) is 0 Å². The fourth-order valence-electron chi connectivity index (χ4n) is 1.70. The number of rotatable bonds is 5. The van der Waals surface area contributed by atoms with Gasteiger partial charge in [0.15, 0.2) is 0 Å². The number of anilines is 1. The van der Waals surface area contributed by atoms with Crippen LogP contribution in [-0.2, 0) is 11.3 Å². The zero-order valence-corrected chi connectivity index (χ0v) is 13.0. The molecule has 6 heteroatoms. The third-order valence-corrected chi connectivity index (χ3v) is 4.39. The van der Waals surface area contributed by atoms with Crippen molar-refractivity contribution < 1.29 is 9.90 Å². The summed E-state index contributed by atoms with van der Waals surface area (Å²) < 4.78 is 1.01. The van der Waals surface area contributed by atoms with Gasteiger partial charge >= 0.3 is 5.97 Å². The Balaban J connectivity index is 2.22. The summed E-state index contributed by atoms with van der Waals surface area (Å²) in [7, 11) is 0. The first-order valence-electron chi connectivity index (χ1n) is 5.50. The predicted molar refractivity (Wildman–Crippen MR) is 82.2 cm³/mol. The summed E-state index contributed by atoms with van der Waals surface area (Å²) in [5.41, 5.74) is 0.805. The zero-order chi connectivity index (χ0) is 13.8. The first-order valence-corrected chi connectivity index (χ1v) is 7.55. The molecule has 0 amide bonds. The standard InChI is InChI=1S/C13H11BrClNO2S/c14-9-4-12(19-8-9)6-16(7-13(17)18)11-3-1-2-10(15)5-11/h1-5,8H,6-7H2,(H,17,18). The molecular weight excluding hydrogens is 350 g/mol. The van der Waals surface area contributed by atoms with Crippen LogP contribution in [0.4, 0.5) is 5.69 Å². The quantitative estimate of drug-likeness (QED) is 0.866. The lowest BCUT2D eigenvalue weighted by Gasteiger charge is -2.22. The maximum atomic E-state index is 11.0. The van der Waals surface area contributed by atoms with Crippen LogP contribution in [0.1, 0.15) is 4.88 Å². The topological polar surface area (TPSA) is 40.5 Å². The van der Waals surface area contributed by atoms with E-state index in [1.54, 1.807) is 28.4 Å². The second-order valence-electron chi connectivity index (χ2n) is 3.96. The number of halogens is 2. The van der Waals surface area contributed by atoms with Gasteiger partial charge < -0.3 is 10.0 Å². The summed E-state index contributed by atoms with van der Waals surface area (Å²) >= 11 is 10.9. The summed E-state index contributed by atoms with van der Waals surface area (Å²) in [5.74, 6) is -0.865. The second kappa shape index (κ2) is 6.41. The zero-order valence-electron chi connectivity index (χ0n) is 9.85. The molecule has 0 unspecified atom stereocenters. The van der Waals surface area contributed by atoms with Crippen molar-refractivity contribution in [3.63, 3.8) is 0 Å². The molecule has 0 aliphatic rings. The molecule has 1 heterocycles. The van der Waals surface area contributed by atoms with Crippen molar-refractivity contribution in [3.8, 4) is 0 Å². The Bertz CT molecular complexity index is 588. The Labute approximate surface area is 128 Å². The molecule has 3 nitrogen and oxygen atoms in total. The summed E-state index contributed by atoms with van der Waals surface area (Å²) in [6.07, 6.45) is 0. The van der Waals surface area contributed by atoms with Gasteiger partial charge in [-0.15, -0.1) is 11.3 Å². The van der Waals surface area contributed by atoms with E-state index in [0.717, 1.165) is 15.0 Å². The molecule has 0 bridgehead atoms. The fourth-order valence-corrected chi connectivity index (χ4v) is 3.35. The lowest BCUT2D eigenvalue weighted by atomic mass is 10.2. The smallest absolute Gasteiger partial charge is 0.323 e. The number of carboxylic acid groups (broad SMARTS) is 1. The Morgan fingerprint density at radius 1 is 1.42 bits per heavy atom. The van der Waals surface area contributed by atoms with Gasteiger partial charge in [0.1, 0.15) is 6.54 Å². The number of hydrogen-bond acceptors (Lipinski definition) is 3. The highest BCUT2D eigenvalue weighted by molar-refractivity contribution is 9.10. The Kier molecular flexibility index (Phi) is 4.85.